The molecule has 10 heavy (non-hydrogen) atoms. The molecule has 0 aromatic heterocycles. The molecule has 0 unspecified atom stereocenters. The van der Waals surface area contributed by atoms with Crippen molar-refractivity contribution >= 4 is 0 Å². The monoisotopic (exact) mass is 366 g/mol. The zero-order chi connectivity index (χ0) is 6.69. The molecule has 0 heterocycles. The number of aliphatic hydroxyl groups is 1. The molecule has 0 spiro atoms. The molecule has 0 aromatic rings. The number of hydrogen-bond donors (Lipinski definition) is 2. The van der Waals surface area contributed by atoms with Gasteiger partial charge in [0.05, 0.1) is 0 Å². The zero-order valence-electron chi connectivity index (χ0n) is 6.05. The molecule has 1 aliphatic carbocycles. The van der Waals surface area contributed by atoms with E-state index < -0.39 is 0 Å². The van der Waals surface area contributed by atoms with Crippen molar-refractivity contribution in [3.05, 3.63) is 5.92 Å². The first-order chi connectivity index (χ1) is 4.33. The molecule has 3 N–H and O–H groups in total. The molecule has 1 rings (SSSR count). The fraction of sp³-hybridized carbons (Fsp3) is 0.857. The SMILES string of the molecule is NC[C-]1CCC(O)CC1.[Pu]. The standard InChI is InChI=1S/C7H14NO.Pu/c8-5-6-1-3-7(9)4-2-6;/h7,9H,1-5,8H2;/q-1;. The molecular weight excluding hydrogens is 358 g/mol. The van der Waals surface area contributed by atoms with Gasteiger partial charge in [-0.2, -0.15) is 12.8 Å². The fourth-order valence-electron chi connectivity index (χ4n) is 1.21. The third-order valence-corrected chi connectivity index (χ3v) is 1.95. The Bertz CT molecular complexity index is 81.7. The third kappa shape index (κ3) is 3.34. The smallest absolute Gasteiger partial charge is 0.0491 e. The summed E-state index contributed by atoms with van der Waals surface area (Å²) in [7, 11) is 0. The molecule has 0 aliphatic heterocycles. The Morgan fingerprint density at radius 3 is 2.30 bits per heavy atom. The van der Waals surface area contributed by atoms with E-state index in [0.717, 1.165) is 25.7 Å². The molecule has 3 heteroatoms. The molecule has 1 fully saturated rings. The van der Waals surface area contributed by atoms with Crippen LogP contribution in [0.1, 0.15) is 25.7 Å². The van der Waals surface area contributed by atoms with Gasteiger partial charge < -0.3 is 16.8 Å². The Balaban J connectivity index is 0.000000810. The van der Waals surface area contributed by atoms with E-state index in [-0.39, 0.29) is 35.3 Å². The minimum absolute atomic E-state index is 0. The van der Waals surface area contributed by atoms with Gasteiger partial charge in [0.2, 0.25) is 0 Å². The Morgan fingerprint density at radius 1 is 1.40 bits per heavy atom. The van der Waals surface area contributed by atoms with Crippen molar-refractivity contribution in [3.63, 3.8) is 0 Å². The first-order valence-corrected chi connectivity index (χ1v) is 3.54. The summed E-state index contributed by atoms with van der Waals surface area (Å²) < 4.78 is 0. The van der Waals surface area contributed by atoms with Gasteiger partial charge in [-0.1, -0.05) is 12.8 Å². The first kappa shape index (κ1) is 10.9. The zero-order valence-corrected chi connectivity index (χ0v) is 9.45. The minimum Gasteiger partial charge on any atom is -0.393 e. The van der Waals surface area contributed by atoms with E-state index in [0.29, 0.717) is 6.54 Å². The Kier molecular flexibility index (Phi) is 6.05. The molecule has 1 saturated carbocycles. The second-order valence-corrected chi connectivity index (χ2v) is 2.69. The Labute approximate surface area is 84.1 Å². The van der Waals surface area contributed by atoms with Gasteiger partial charge in [-0.15, -0.1) is 6.54 Å². The van der Waals surface area contributed by atoms with E-state index in [1.165, 1.54) is 5.92 Å². The van der Waals surface area contributed by atoms with E-state index in [1.54, 1.807) is 0 Å². The molecule has 0 amide bonds. The van der Waals surface area contributed by atoms with Crippen LogP contribution in [0.3, 0.4) is 0 Å². The number of aliphatic hydroxyl groups excluding tert-OH is 1. The molecular formula is C7H14NOPu-. The predicted molar refractivity (Wildman–Crippen MR) is 36.8 cm³/mol. The molecule has 0 radical (unpaired) electrons. The van der Waals surface area contributed by atoms with Crippen molar-refractivity contribution in [1.29, 1.82) is 0 Å². The van der Waals surface area contributed by atoms with Gasteiger partial charge in [-0.05, 0) is 0 Å². The van der Waals surface area contributed by atoms with Gasteiger partial charge >= 0.3 is 0 Å². The van der Waals surface area contributed by atoms with Gasteiger partial charge in [0.25, 0.3) is 0 Å². The van der Waals surface area contributed by atoms with Crippen molar-refractivity contribution in [3.8, 4) is 0 Å². The molecule has 0 aromatic carbocycles. The van der Waals surface area contributed by atoms with Gasteiger partial charge in [-0.3, -0.25) is 0 Å². The van der Waals surface area contributed by atoms with E-state index in [1.807, 2.05) is 0 Å². The summed E-state index contributed by atoms with van der Waals surface area (Å²) >= 11 is 0. The second-order valence-electron chi connectivity index (χ2n) is 2.69. The summed E-state index contributed by atoms with van der Waals surface area (Å²) in [5.41, 5.74) is 5.43. The summed E-state index contributed by atoms with van der Waals surface area (Å²) in [5, 5.41) is 9.07. The van der Waals surface area contributed by atoms with Crippen LogP contribution in [0.5, 0.6) is 0 Å². The van der Waals surface area contributed by atoms with Crippen LogP contribution in [0.4, 0.5) is 0 Å². The topological polar surface area (TPSA) is 46.2 Å². The van der Waals surface area contributed by atoms with E-state index in [9.17, 15) is 0 Å². The Hall–Kier alpha value is 0.907. The van der Waals surface area contributed by atoms with Crippen molar-refractivity contribution < 1.29 is 34.3 Å². The number of rotatable bonds is 1. The second kappa shape index (κ2) is 5.54. The third-order valence-electron chi connectivity index (χ3n) is 1.95. The summed E-state index contributed by atoms with van der Waals surface area (Å²) in [6, 6.07) is 0. The van der Waals surface area contributed by atoms with E-state index >= 15 is 0 Å². The summed E-state index contributed by atoms with van der Waals surface area (Å²) in [4.78, 5) is 0. The van der Waals surface area contributed by atoms with Crippen LogP contribution in [0, 0.1) is 35.1 Å². The van der Waals surface area contributed by atoms with Gasteiger partial charge in [0.15, 0.2) is 0 Å². The van der Waals surface area contributed by atoms with Crippen molar-refractivity contribution in [2.75, 3.05) is 6.54 Å². The maximum absolute atomic E-state index is 9.07. The minimum atomic E-state index is -0.0553. The van der Waals surface area contributed by atoms with Crippen molar-refractivity contribution in [2.24, 2.45) is 5.73 Å². The first-order valence-electron chi connectivity index (χ1n) is 3.54. The fourth-order valence-corrected chi connectivity index (χ4v) is 1.21. The van der Waals surface area contributed by atoms with E-state index in [2.05, 4.69) is 0 Å². The summed E-state index contributed by atoms with van der Waals surface area (Å²) in [5.74, 6) is 1.42. The van der Waals surface area contributed by atoms with Gasteiger partial charge in [0, 0.05) is 35.3 Å². The number of nitrogens with two attached hydrogens (primary N) is 1. The molecule has 60 valence electrons. The maximum Gasteiger partial charge on any atom is 0.0491 e. The van der Waals surface area contributed by atoms with Crippen LogP contribution in [-0.4, -0.2) is 17.8 Å². The summed E-state index contributed by atoms with van der Waals surface area (Å²) in [6.07, 6.45) is 3.87. The van der Waals surface area contributed by atoms with Crippen LogP contribution in [0.2, 0.25) is 0 Å². The molecule has 0 saturated heterocycles. The summed E-state index contributed by atoms with van der Waals surface area (Å²) in [6.45, 7) is 0.715. The molecule has 0 bridgehead atoms. The normalized spacial score (nSPS) is 22.2. The van der Waals surface area contributed by atoms with Gasteiger partial charge in [-0.25, -0.2) is 0 Å². The average Bonchev–Trinajstić information content (AvgIpc) is 1.90. The molecule has 2 nitrogen and oxygen atoms in total. The maximum atomic E-state index is 9.07. The van der Waals surface area contributed by atoms with Crippen molar-refractivity contribution in [1.82, 2.24) is 0 Å². The Morgan fingerprint density at radius 2 is 1.90 bits per heavy atom. The molecule has 0 atom stereocenters. The van der Waals surface area contributed by atoms with Crippen molar-refractivity contribution in [2.45, 2.75) is 31.8 Å². The van der Waals surface area contributed by atoms with Gasteiger partial charge in [0.1, 0.15) is 0 Å². The molecule has 1 aliphatic rings. The predicted octanol–water partition coefficient (Wildman–Crippen LogP) is 0.454. The quantitative estimate of drug-likeness (QED) is 0.657. The van der Waals surface area contributed by atoms with E-state index in [4.69, 9.17) is 10.8 Å². The largest absolute Gasteiger partial charge is 0.393 e. The van der Waals surface area contributed by atoms with Crippen LogP contribution in [0.25, 0.3) is 0 Å². The van der Waals surface area contributed by atoms with Crippen LogP contribution in [0.15, 0.2) is 0 Å². The number of hydrogen-bond acceptors (Lipinski definition) is 2. The van der Waals surface area contributed by atoms with Crippen LogP contribution >= 0.6 is 0 Å². The van der Waals surface area contributed by atoms with Crippen LogP contribution in [-0.2, 0) is 0 Å². The van der Waals surface area contributed by atoms with Crippen LogP contribution < -0.4 is 5.73 Å². The average molecular weight is 372 g/mol.